The van der Waals surface area contributed by atoms with E-state index in [2.05, 4.69) is 39.5 Å². The van der Waals surface area contributed by atoms with Gasteiger partial charge >= 0.3 is 0 Å². The summed E-state index contributed by atoms with van der Waals surface area (Å²) in [6.45, 7) is 14.4. The largest absolute Gasteiger partial charge is 0.373 e. The summed E-state index contributed by atoms with van der Waals surface area (Å²) in [5.74, 6) is 0.795. The Morgan fingerprint density at radius 2 is 1.89 bits per heavy atom. The van der Waals surface area contributed by atoms with Crippen molar-refractivity contribution in [1.29, 1.82) is 0 Å². The summed E-state index contributed by atoms with van der Waals surface area (Å²) in [5.41, 5.74) is 6.80. The average molecular weight is 268 g/mol. The summed E-state index contributed by atoms with van der Waals surface area (Å²) in [4.78, 5) is 2.59. The molecule has 3 nitrogen and oxygen atoms in total. The Morgan fingerprint density at radius 3 is 2.47 bits per heavy atom. The lowest BCUT2D eigenvalue weighted by molar-refractivity contribution is -0.106. The zero-order chi connectivity index (χ0) is 14.3. The average Bonchev–Trinajstić information content (AvgIpc) is 2.26. The van der Waals surface area contributed by atoms with Crippen molar-refractivity contribution in [3.05, 3.63) is 0 Å². The summed E-state index contributed by atoms with van der Waals surface area (Å²) in [6, 6.07) is 0.883. The first-order valence-corrected chi connectivity index (χ1v) is 7.83. The van der Waals surface area contributed by atoms with Crippen molar-refractivity contribution in [3.63, 3.8) is 0 Å². The highest BCUT2D eigenvalue weighted by Gasteiger charge is 2.39. The molecule has 0 aromatic carbocycles. The van der Waals surface area contributed by atoms with Crippen molar-refractivity contribution >= 4 is 0 Å². The highest BCUT2D eigenvalue weighted by atomic mass is 16.5. The third-order valence-corrected chi connectivity index (χ3v) is 5.02. The zero-order valence-electron chi connectivity index (χ0n) is 13.4. The van der Waals surface area contributed by atoms with Gasteiger partial charge in [0.2, 0.25) is 0 Å². The quantitative estimate of drug-likeness (QED) is 0.794. The van der Waals surface area contributed by atoms with E-state index in [1.807, 2.05) is 0 Å². The second kappa shape index (κ2) is 5.34. The summed E-state index contributed by atoms with van der Waals surface area (Å²) in [7, 11) is 0. The van der Waals surface area contributed by atoms with E-state index in [-0.39, 0.29) is 5.60 Å². The van der Waals surface area contributed by atoms with Gasteiger partial charge in [-0.1, -0.05) is 20.8 Å². The van der Waals surface area contributed by atoms with E-state index in [1.165, 1.54) is 19.3 Å². The molecule has 2 rings (SSSR count). The summed E-state index contributed by atoms with van der Waals surface area (Å²) >= 11 is 0. The molecular weight excluding hydrogens is 236 g/mol. The molecule has 2 aliphatic rings. The van der Waals surface area contributed by atoms with E-state index in [0.717, 1.165) is 25.6 Å². The van der Waals surface area contributed by atoms with Crippen LogP contribution in [-0.4, -0.2) is 42.3 Å². The highest BCUT2D eigenvalue weighted by Crippen LogP contribution is 2.39. The number of ether oxygens (including phenoxy) is 1. The molecule has 3 heteroatoms. The smallest absolute Gasteiger partial charge is 0.0753 e. The fourth-order valence-corrected chi connectivity index (χ4v) is 3.71. The molecule has 1 heterocycles. The van der Waals surface area contributed by atoms with Crippen LogP contribution < -0.4 is 5.73 Å². The van der Waals surface area contributed by atoms with E-state index in [0.29, 0.717) is 17.5 Å². The maximum absolute atomic E-state index is 6.42. The fourth-order valence-electron chi connectivity index (χ4n) is 3.71. The van der Waals surface area contributed by atoms with Gasteiger partial charge in [-0.3, -0.25) is 4.90 Å². The minimum Gasteiger partial charge on any atom is -0.373 e. The fraction of sp³-hybridized carbons (Fsp3) is 1.00. The Kier molecular flexibility index (Phi) is 4.29. The Labute approximate surface area is 118 Å². The minimum absolute atomic E-state index is 0.0212. The van der Waals surface area contributed by atoms with Gasteiger partial charge in [0.25, 0.3) is 0 Å². The molecule has 0 radical (unpaired) electrons. The van der Waals surface area contributed by atoms with Gasteiger partial charge in [-0.05, 0) is 44.4 Å². The van der Waals surface area contributed by atoms with Crippen molar-refractivity contribution in [2.24, 2.45) is 17.1 Å². The van der Waals surface area contributed by atoms with Gasteiger partial charge in [0.05, 0.1) is 12.2 Å². The molecule has 1 saturated carbocycles. The molecule has 1 saturated heterocycles. The number of morpholine rings is 1. The van der Waals surface area contributed by atoms with Gasteiger partial charge in [-0.15, -0.1) is 0 Å². The molecule has 3 atom stereocenters. The van der Waals surface area contributed by atoms with Crippen LogP contribution >= 0.6 is 0 Å². The van der Waals surface area contributed by atoms with Crippen LogP contribution in [-0.2, 0) is 4.74 Å². The third kappa shape index (κ3) is 3.71. The molecule has 2 N–H and O–H groups in total. The van der Waals surface area contributed by atoms with Crippen molar-refractivity contribution in [3.8, 4) is 0 Å². The number of hydrogen-bond donors (Lipinski definition) is 1. The van der Waals surface area contributed by atoms with Crippen LogP contribution in [0.3, 0.4) is 0 Å². The van der Waals surface area contributed by atoms with Crippen molar-refractivity contribution < 1.29 is 4.74 Å². The first-order valence-electron chi connectivity index (χ1n) is 7.83. The van der Waals surface area contributed by atoms with E-state index in [1.54, 1.807) is 0 Å². The molecule has 19 heavy (non-hydrogen) atoms. The standard InChI is InChI=1S/C16H32N2O/c1-15(2,3)12-6-7-13(17)14(10-12)18-8-9-19-16(4,5)11-18/h12-14H,6-11,17H2,1-5H3. The predicted molar refractivity (Wildman–Crippen MR) is 80.2 cm³/mol. The molecular formula is C16H32N2O. The summed E-state index contributed by atoms with van der Waals surface area (Å²) < 4.78 is 5.83. The molecule has 1 aliphatic carbocycles. The van der Waals surface area contributed by atoms with Gasteiger partial charge in [-0.2, -0.15) is 0 Å². The molecule has 0 amide bonds. The molecule has 0 aromatic heterocycles. The van der Waals surface area contributed by atoms with Crippen LogP contribution in [0.2, 0.25) is 0 Å². The molecule has 0 aromatic rings. The molecule has 3 unspecified atom stereocenters. The van der Waals surface area contributed by atoms with Crippen LogP contribution in [0.25, 0.3) is 0 Å². The lowest BCUT2D eigenvalue weighted by atomic mass is 9.69. The topological polar surface area (TPSA) is 38.5 Å². The SMILES string of the molecule is CC1(C)CN(C2CC(C(C)(C)C)CCC2N)CCO1. The molecule has 0 bridgehead atoms. The maximum Gasteiger partial charge on any atom is 0.0753 e. The van der Waals surface area contributed by atoms with Gasteiger partial charge in [0.1, 0.15) is 0 Å². The van der Waals surface area contributed by atoms with Crippen LogP contribution in [0, 0.1) is 11.3 Å². The van der Waals surface area contributed by atoms with Crippen LogP contribution in [0.5, 0.6) is 0 Å². The lowest BCUT2D eigenvalue weighted by Gasteiger charge is -2.49. The number of nitrogens with zero attached hydrogens (tertiary/aromatic N) is 1. The Balaban J connectivity index is 2.04. The van der Waals surface area contributed by atoms with Crippen LogP contribution in [0.4, 0.5) is 0 Å². The first-order chi connectivity index (χ1) is 8.69. The second-order valence-electron chi connectivity index (χ2n) is 8.19. The Hall–Kier alpha value is -0.120. The van der Waals surface area contributed by atoms with Crippen molar-refractivity contribution in [2.75, 3.05) is 19.7 Å². The van der Waals surface area contributed by atoms with Gasteiger partial charge in [-0.25, -0.2) is 0 Å². The highest BCUT2D eigenvalue weighted by molar-refractivity contribution is 4.95. The second-order valence-corrected chi connectivity index (χ2v) is 8.19. The first kappa shape index (κ1) is 15.3. The van der Waals surface area contributed by atoms with Crippen LogP contribution in [0.15, 0.2) is 0 Å². The maximum atomic E-state index is 6.42. The van der Waals surface area contributed by atoms with Gasteiger partial charge < -0.3 is 10.5 Å². The number of nitrogens with two attached hydrogens (primary N) is 1. The van der Waals surface area contributed by atoms with Crippen molar-refractivity contribution in [1.82, 2.24) is 4.90 Å². The normalized spacial score (nSPS) is 37.3. The van der Waals surface area contributed by atoms with E-state index >= 15 is 0 Å². The number of rotatable bonds is 1. The lowest BCUT2D eigenvalue weighted by Crippen LogP contribution is -2.59. The van der Waals surface area contributed by atoms with Gasteiger partial charge in [0.15, 0.2) is 0 Å². The summed E-state index contributed by atoms with van der Waals surface area (Å²) in [6.07, 6.45) is 3.71. The molecule has 2 fully saturated rings. The van der Waals surface area contributed by atoms with E-state index < -0.39 is 0 Å². The van der Waals surface area contributed by atoms with Crippen LogP contribution in [0.1, 0.15) is 53.9 Å². The molecule has 112 valence electrons. The molecule has 1 aliphatic heterocycles. The Morgan fingerprint density at radius 1 is 1.21 bits per heavy atom. The van der Waals surface area contributed by atoms with E-state index in [9.17, 15) is 0 Å². The zero-order valence-corrected chi connectivity index (χ0v) is 13.4. The third-order valence-electron chi connectivity index (χ3n) is 5.02. The van der Waals surface area contributed by atoms with E-state index in [4.69, 9.17) is 10.5 Å². The predicted octanol–water partition coefficient (Wildman–Crippen LogP) is 2.64. The molecule has 0 spiro atoms. The Bertz CT molecular complexity index is 305. The minimum atomic E-state index is -0.0212. The number of hydrogen-bond acceptors (Lipinski definition) is 3. The summed E-state index contributed by atoms with van der Waals surface area (Å²) in [5, 5.41) is 0. The van der Waals surface area contributed by atoms with Crippen molar-refractivity contribution in [2.45, 2.75) is 71.6 Å². The monoisotopic (exact) mass is 268 g/mol. The van der Waals surface area contributed by atoms with Gasteiger partial charge in [0, 0.05) is 25.2 Å².